The average molecular weight is 212 g/mol. The van der Waals surface area contributed by atoms with Crippen molar-refractivity contribution < 1.29 is 4.74 Å². The summed E-state index contributed by atoms with van der Waals surface area (Å²) in [6, 6.07) is 0. The maximum absolute atomic E-state index is 5.15. The third-order valence-electron chi connectivity index (χ3n) is 2.95. The van der Waals surface area contributed by atoms with Gasteiger partial charge >= 0.3 is 0 Å². The van der Waals surface area contributed by atoms with Crippen LogP contribution in [0.2, 0.25) is 0 Å². The zero-order valence-electron chi connectivity index (χ0n) is 10.3. The van der Waals surface area contributed by atoms with E-state index in [2.05, 4.69) is 23.2 Å². The topological polar surface area (TPSA) is 24.5 Å². The molecular formula is C12H24N2O. The number of nitrogens with one attached hydrogen (secondary N) is 1. The maximum Gasteiger partial charge on any atom is 0.0887 e. The Morgan fingerprint density at radius 2 is 2.13 bits per heavy atom. The molecule has 0 aliphatic carbocycles. The van der Waals surface area contributed by atoms with E-state index in [-0.39, 0.29) is 0 Å². The Labute approximate surface area is 93.5 Å². The minimum atomic E-state index is 0.611. The Balaban J connectivity index is 2.17. The molecule has 0 aromatic heterocycles. The zero-order valence-corrected chi connectivity index (χ0v) is 10.3. The van der Waals surface area contributed by atoms with E-state index in [9.17, 15) is 0 Å². The van der Waals surface area contributed by atoms with Crippen molar-refractivity contribution in [3.8, 4) is 0 Å². The number of nitrogens with zero attached hydrogens (tertiary/aromatic N) is 1. The molecule has 88 valence electrons. The first-order valence-corrected chi connectivity index (χ1v) is 5.88. The van der Waals surface area contributed by atoms with E-state index in [1.165, 1.54) is 26.1 Å². The van der Waals surface area contributed by atoms with Crippen LogP contribution in [0.5, 0.6) is 0 Å². The highest BCUT2D eigenvalue weighted by Gasteiger charge is 2.10. The van der Waals surface area contributed by atoms with Crippen molar-refractivity contribution in [1.82, 2.24) is 10.2 Å². The molecule has 3 nitrogen and oxygen atoms in total. The van der Waals surface area contributed by atoms with E-state index in [4.69, 9.17) is 4.74 Å². The Morgan fingerprint density at radius 1 is 1.47 bits per heavy atom. The van der Waals surface area contributed by atoms with E-state index in [0.717, 1.165) is 18.8 Å². The lowest BCUT2D eigenvalue weighted by Gasteiger charge is -2.27. The monoisotopic (exact) mass is 212 g/mol. The number of hydrogen-bond acceptors (Lipinski definition) is 3. The smallest absolute Gasteiger partial charge is 0.0887 e. The van der Waals surface area contributed by atoms with Gasteiger partial charge in [-0.1, -0.05) is 6.92 Å². The second-order valence-electron chi connectivity index (χ2n) is 4.34. The molecule has 0 amide bonds. The zero-order chi connectivity index (χ0) is 11.1. The highest BCUT2D eigenvalue weighted by atomic mass is 16.5. The van der Waals surface area contributed by atoms with Crippen molar-refractivity contribution in [2.45, 2.75) is 20.3 Å². The fourth-order valence-corrected chi connectivity index (χ4v) is 1.87. The summed E-state index contributed by atoms with van der Waals surface area (Å²) < 4.78 is 5.15. The lowest BCUT2D eigenvalue weighted by atomic mass is 10.1. The largest absolute Gasteiger partial charge is 0.502 e. The van der Waals surface area contributed by atoms with Gasteiger partial charge in [-0.25, -0.2) is 0 Å². The molecule has 0 aromatic rings. The maximum atomic E-state index is 5.15. The Kier molecular flexibility index (Phi) is 5.73. The SMILES string of the molecule is CO/C(C)=C/[C@H](C)CCN1CCNCC1. The van der Waals surface area contributed by atoms with Crippen LogP contribution in [0.15, 0.2) is 11.8 Å². The van der Waals surface area contributed by atoms with Gasteiger partial charge in [0, 0.05) is 26.2 Å². The standard InChI is InChI=1S/C12H24N2O/c1-11(10-12(2)15-3)4-7-14-8-5-13-6-9-14/h10-11,13H,4-9H2,1-3H3/b12-10+/t11-/m1/s1. The lowest BCUT2D eigenvalue weighted by molar-refractivity contribution is 0.230. The molecule has 1 fully saturated rings. The van der Waals surface area contributed by atoms with E-state index < -0.39 is 0 Å². The molecule has 0 bridgehead atoms. The van der Waals surface area contributed by atoms with Gasteiger partial charge in [0.2, 0.25) is 0 Å². The van der Waals surface area contributed by atoms with Gasteiger partial charge in [-0.15, -0.1) is 0 Å². The summed E-state index contributed by atoms with van der Waals surface area (Å²) in [5, 5.41) is 3.37. The lowest BCUT2D eigenvalue weighted by Crippen LogP contribution is -2.43. The Bertz CT molecular complexity index is 198. The van der Waals surface area contributed by atoms with Gasteiger partial charge in [-0.2, -0.15) is 0 Å². The van der Waals surface area contributed by atoms with E-state index in [0.29, 0.717) is 5.92 Å². The van der Waals surface area contributed by atoms with Crippen molar-refractivity contribution in [3.05, 3.63) is 11.8 Å². The Hall–Kier alpha value is -0.540. The highest BCUT2D eigenvalue weighted by molar-refractivity contribution is 4.92. The van der Waals surface area contributed by atoms with Gasteiger partial charge in [0.15, 0.2) is 0 Å². The van der Waals surface area contributed by atoms with Crippen LogP contribution in [0, 0.1) is 5.92 Å². The number of ether oxygens (including phenoxy) is 1. The van der Waals surface area contributed by atoms with Crippen molar-refractivity contribution in [3.63, 3.8) is 0 Å². The summed E-state index contributed by atoms with van der Waals surface area (Å²) in [4.78, 5) is 2.53. The van der Waals surface area contributed by atoms with Crippen LogP contribution >= 0.6 is 0 Å². The molecular weight excluding hydrogens is 188 g/mol. The summed E-state index contributed by atoms with van der Waals surface area (Å²) in [5.41, 5.74) is 0. The highest BCUT2D eigenvalue weighted by Crippen LogP contribution is 2.09. The molecule has 0 aromatic carbocycles. The third kappa shape index (κ3) is 5.19. The van der Waals surface area contributed by atoms with Crippen molar-refractivity contribution in [2.24, 2.45) is 5.92 Å². The molecule has 1 aliphatic rings. The third-order valence-corrected chi connectivity index (χ3v) is 2.95. The van der Waals surface area contributed by atoms with Gasteiger partial charge in [-0.05, 0) is 31.9 Å². The molecule has 0 radical (unpaired) electrons. The summed E-state index contributed by atoms with van der Waals surface area (Å²) in [5.74, 6) is 1.64. The molecule has 0 unspecified atom stereocenters. The quantitative estimate of drug-likeness (QED) is 0.698. The van der Waals surface area contributed by atoms with Crippen LogP contribution in [0.1, 0.15) is 20.3 Å². The first-order chi connectivity index (χ1) is 7.22. The van der Waals surface area contributed by atoms with Gasteiger partial charge < -0.3 is 15.0 Å². The number of methoxy groups -OCH3 is 1. The van der Waals surface area contributed by atoms with Crippen LogP contribution < -0.4 is 5.32 Å². The fraction of sp³-hybridized carbons (Fsp3) is 0.833. The minimum absolute atomic E-state index is 0.611. The van der Waals surface area contributed by atoms with E-state index in [1.54, 1.807) is 7.11 Å². The van der Waals surface area contributed by atoms with Crippen LogP contribution in [0.4, 0.5) is 0 Å². The fourth-order valence-electron chi connectivity index (χ4n) is 1.87. The summed E-state index contributed by atoms with van der Waals surface area (Å²) >= 11 is 0. The molecule has 3 heteroatoms. The molecule has 15 heavy (non-hydrogen) atoms. The van der Waals surface area contributed by atoms with Crippen LogP contribution in [-0.4, -0.2) is 44.7 Å². The summed E-state index contributed by atoms with van der Waals surface area (Å²) in [6.07, 6.45) is 3.43. The second kappa shape index (κ2) is 6.85. The second-order valence-corrected chi connectivity index (χ2v) is 4.34. The Morgan fingerprint density at radius 3 is 2.73 bits per heavy atom. The minimum Gasteiger partial charge on any atom is -0.502 e. The van der Waals surface area contributed by atoms with Gasteiger partial charge in [0.25, 0.3) is 0 Å². The van der Waals surface area contributed by atoms with E-state index in [1.807, 2.05) is 6.92 Å². The molecule has 1 heterocycles. The molecule has 0 saturated carbocycles. The molecule has 0 spiro atoms. The summed E-state index contributed by atoms with van der Waals surface area (Å²) in [7, 11) is 1.73. The average Bonchev–Trinajstić information content (AvgIpc) is 2.27. The van der Waals surface area contributed by atoms with Crippen LogP contribution in [0.3, 0.4) is 0 Å². The van der Waals surface area contributed by atoms with Crippen LogP contribution in [0.25, 0.3) is 0 Å². The van der Waals surface area contributed by atoms with Crippen LogP contribution in [-0.2, 0) is 4.74 Å². The van der Waals surface area contributed by atoms with Crippen molar-refractivity contribution in [1.29, 1.82) is 0 Å². The summed E-state index contributed by atoms with van der Waals surface area (Å²) in [6.45, 7) is 10.1. The predicted octanol–water partition coefficient (Wildman–Crippen LogP) is 1.47. The first-order valence-electron chi connectivity index (χ1n) is 5.88. The van der Waals surface area contributed by atoms with Gasteiger partial charge in [0.05, 0.1) is 12.9 Å². The van der Waals surface area contributed by atoms with Gasteiger partial charge in [0.1, 0.15) is 0 Å². The number of allylic oxidation sites excluding steroid dienone is 2. The normalized spacial score (nSPS) is 21.4. The molecule has 1 atom stereocenters. The van der Waals surface area contributed by atoms with Crippen molar-refractivity contribution in [2.75, 3.05) is 39.8 Å². The van der Waals surface area contributed by atoms with E-state index >= 15 is 0 Å². The first kappa shape index (κ1) is 12.5. The number of piperazine rings is 1. The number of hydrogen-bond donors (Lipinski definition) is 1. The molecule has 1 aliphatic heterocycles. The van der Waals surface area contributed by atoms with Crippen molar-refractivity contribution >= 4 is 0 Å². The van der Waals surface area contributed by atoms with Gasteiger partial charge in [-0.3, -0.25) is 0 Å². The predicted molar refractivity (Wildman–Crippen MR) is 63.9 cm³/mol. The molecule has 1 saturated heterocycles. The molecule has 1 N–H and O–H groups in total. The molecule has 1 rings (SSSR count). The number of rotatable bonds is 5.